The summed E-state index contributed by atoms with van der Waals surface area (Å²) < 4.78 is 0. The fourth-order valence-electron chi connectivity index (χ4n) is 2.71. The number of amides is 1. The molecule has 0 aromatic heterocycles. The van der Waals surface area contributed by atoms with Gasteiger partial charge in [-0.15, -0.1) is 0 Å². The Kier molecular flexibility index (Phi) is 3.94. The molecule has 0 aromatic carbocycles. The summed E-state index contributed by atoms with van der Waals surface area (Å²) in [5, 5.41) is 3.25. The number of allylic oxidation sites excluding steroid dienone is 2. The van der Waals surface area contributed by atoms with E-state index in [-0.39, 0.29) is 18.2 Å². The number of nitrogens with one attached hydrogen (secondary N) is 1. The van der Waals surface area contributed by atoms with E-state index in [1.165, 1.54) is 0 Å². The van der Waals surface area contributed by atoms with Gasteiger partial charge in [0.15, 0.2) is 5.78 Å². The number of likely N-dealkylation sites (tertiary alicyclic amines) is 1. The molecule has 0 aromatic rings. The molecule has 2 aliphatic rings. The Balaban J connectivity index is 2.09. The highest BCUT2D eigenvalue weighted by atomic mass is 35.5. The Morgan fingerprint density at radius 2 is 2.05 bits per heavy atom. The second-order valence-electron chi connectivity index (χ2n) is 5.00. The molecule has 2 heterocycles. The summed E-state index contributed by atoms with van der Waals surface area (Å²) in [6, 6.07) is 0. The number of piperidine rings is 1. The summed E-state index contributed by atoms with van der Waals surface area (Å²) in [6.45, 7) is 3.44. The number of hydrogen-bond donors (Lipinski definition) is 1. The molecule has 0 bridgehead atoms. The van der Waals surface area contributed by atoms with E-state index in [1.807, 2.05) is 6.92 Å². The standard InChI is InChI=1S/C13H18ClN3O2/c1-9(10(14)7-15-2)17-5-3-13(4-6-17)11(18)8-16-12(13)19/h7H,3-6,8H2,1-2H3,(H,16,19)/b10-9-,15-7-. The van der Waals surface area contributed by atoms with Gasteiger partial charge in [0, 0.05) is 32.0 Å². The minimum Gasteiger partial charge on any atom is -0.374 e. The van der Waals surface area contributed by atoms with E-state index in [2.05, 4.69) is 15.2 Å². The molecule has 5 nitrogen and oxygen atoms in total. The molecule has 104 valence electrons. The second-order valence-corrected chi connectivity index (χ2v) is 5.40. The van der Waals surface area contributed by atoms with Crippen LogP contribution < -0.4 is 5.32 Å². The first-order valence-corrected chi connectivity index (χ1v) is 6.74. The maximum Gasteiger partial charge on any atom is 0.234 e. The van der Waals surface area contributed by atoms with Crippen molar-refractivity contribution in [2.24, 2.45) is 10.4 Å². The van der Waals surface area contributed by atoms with Crippen molar-refractivity contribution in [3.63, 3.8) is 0 Å². The molecule has 2 aliphatic heterocycles. The van der Waals surface area contributed by atoms with Crippen molar-refractivity contribution < 1.29 is 9.59 Å². The van der Waals surface area contributed by atoms with Gasteiger partial charge in [0.2, 0.25) is 5.91 Å². The monoisotopic (exact) mass is 283 g/mol. The van der Waals surface area contributed by atoms with Crippen LogP contribution in [0.15, 0.2) is 15.7 Å². The molecule has 1 spiro atoms. The number of carbonyl (C=O) groups is 2. The minimum atomic E-state index is -0.790. The van der Waals surface area contributed by atoms with Crippen molar-refractivity contribution in [3.8, 4) is 0 Å². The zero-order valence-corrected chi connectivity index (χ0v) is 12.0. The number of aliphatic imine (C=N–C) groups is 1. The zero-order valence-electron chi connectivity index (χ0n) is 11.2. The molecule has 2 fully saturated rings. The van der Waals surface area contributed by atoms with Crippen LogP contribution >= 0.6 is 11.6 Å². The topological polar surface area (TPSA) is 61.8 Å². The van der Waals surface area contributed by atoms with Gasteiger partial charge in [0.1, 0.15) is 5.41 Å². The lowest BCUT2D eigenvalue weighted by Crippen LogP contribution is -2.46. The molecule has 0 saturated carbocycles. The lowest BCUT2D eigenvalue weighted by Gasteiger charge is -2.38. The Morgan fingerprint density at radius 1 is 1.42 bits per heavy atom. The number of hydrogen-bond acceptors (Lipinski definition) is 4. The molecule has 0 unspecified atom stereocenters. The van der Waals surface area contributed by atoms with Gasteiger partial charge in [-0.1, -0.05) is 11.6 Å². The summed E-state index contributed by atoms with van der Waals surface area (Å²) in [4.78, 5) is 29.8. The number of ketones is 1. The second kappa shape index (κ2) is 5.33. The van der Waals surface area contributed by atoms with Crippen molar-refractivity contribution in [2.75, 3.05) is 26.7 Å². The Hall–Kier alpha value is -1.36. The van der Waals surface area contributed by atoms with Crippen molar-refractivity contribution in [3.05, 3.63) is 10.7 Å². The molecule has 1 N–H and O–H groups in total. The first-order valence-electron chi connectivity index (χ1n) is 6.36. The van der Waals surface area contributed by atoms with Crippen LogP contribution in [0.4, 0.5) is 0 Å². The average Bonchev–Trinajstić information content (AvgIpc) is 2.68. The lowest BCUT2D eigenvalue weighted by atomic mass is 9.76. The highest BCUT2D eigenvalue weighted by molar-refractivity contribution is 6.39. The average molecular weight is 284 g/mol. The Morgan fingerprint density at radius 3 is 2.53 bits per heavy atom. The van der Waals surface area contributed by atoms with Crippen molar-refractivity contribution in [2.45, 2.75) is 19.8 Å². The summed E-state index contributed by atoms with van der Waals surface area (Å²) in [6.07, 6.45) is 2.72. The van der Waals surface area contributed by atoms with E-state index in [0.717, 1.165) is 5.70 Å². The fraction of sp³-hybridized carbons (Fsp3) is 0.615. The molecule has 2 saturated heterocycles. The summed E-state index contributed by atoms with van der Waals surface area (Å²) >= 11 is 6.12. The Labute approximate surface area is 117 Å². The summed E-state index contributed by atoms with van der Waals surface area (Å²) in [5.41, 5.74) is 0.148. The van der Waals surface area contributed by atoms with Gasteiger partial charge in [-0.3, -0.25) is 14.6 Å². The van der Waals surface area contributed by atoms with E-state index in [1.54, 1.807) is 13.3 Å². The van der Waals surface area contributed by atoms with Crippen LogP contribution in [-0.4, -0.2) is 49.5 Å². The van der Waals surface area contributed by atoms with Gasteiger partial charge in [-0.05, 0) is 19.8 Å². The number of Topliss-reactive ketones (excluding diaryl/α,β-unsaturated/α-hetero) is 1. The van der Waals surface area contributed by atoms with Gasteiger partial charge >= 0.3 is 0 Å². The van der Waals surface area contributed by atoms with E-state index in [0.29, 0.717) is 31.0 Å². The van der Waals surface area contributed by atoms with Gasteiger partial charge in [0.05, 0.1) is 11.6 Å². The molecule has 19 heavy (non-hydrogen) atoms. The smallest absolute Gasteiger partial charge is 0.234 e. The SMILES string of the molecule is C/N=C\C(Cl)=C(/C)N1CCC2(CC1)C(=O)CNC2=O. The normalized spacial score (nSPS) is 24.1. The van der Waals surface area contributed by atoms with Crippen LogP contribution in [0.3, 0.4) is 0 Å². The highest BCUT2D eigenvalue weighted by Crippen LogP contribution is 2.36. The largest absolute Gasteiger partial charge is 0.374 e. The van der Waals surface area contributed by atoms with Gasteiger partial charge in [0.25, 0.3) is 0 Å². The fourth-order valence-corrected chi connectivity index (χ4v) is 2.93. The predicted molar refractivity (Wildman–Crippen MR) is 74.2 cm³/mol. The number of rotatable bonds is 2. The van der Waals surface area contributed by atoms with Crippen LogP contribution in [0.5, 0.6) is 0 Å². The van der Waals surface area contributed by atoms with Crippen LogP contribution in [0.2, 0.25) is 0 Å². The zero-order chi connectivity index (χ0) is 14.0. The third-order valence-electron chi connectivity index (χ3n) is 4.06. The lowest BCUT2D eigenvalue weighted by molar-refractivity contribution is -0.138. The van der Waals surface area contributed by atoms with Gasteiger partial charge in [-0.25, -0.2) is 0 Å². The van der Waals surface area contributed by atoms with E-state index >= 15 is 0 Å². The summed E-state index contributed by atoms with van der Waals surface area (Å²) in [5.74, 6) is -0.0833. The van der Waals surface area contributed by atoms with Gasteiger partial charge in [-0.2, -0.15) is 0 Å². The van der Waals surface area contributed by atoms with Crippen LogP contribution in [-0.2, 0) is 9.59 Å². The summed E-state index contributed by atoms with van der Waals surface area (Å²) in [7, 11) is 1.67. The van der Waals surface area contributed by atoms with Crippen molar-refractivity contribution >= 4 is 29.5 Å². The Bertz CT molecular complexity index is 445. The van der Waals surface area contributed by atoms with Crippen molar-refractivity contribution in [1.82, 2.24) is 10.2 Å². The van der Waals surface area contributed by atoms with E-state index < -0.39 is 5.41 Å². The molecule has 1 amide bonds. The quantitative estimate of drug-likeness (QED) is 0.606. The molecule has 2 rings (SSSR count). The molecule has 0 radical (unpaired) electrons. The van der Waals surface area contributed by atoms with Crippen molar-refractivity contribution in [1.29, 1.82) is 0 Å². The maximum absolute atomic E-state index is 11.9. The van der Waals surface area contributed by atoms with Gasteiger partial charge < -0.3 is 10.2 Å². The molecular formula is C13H18ClN3O2. The predicted octanol–water partition coefficient (Wildman–Crippen LogP) is 0.938. The number of nitrogens with zero attached hydrogens (tertiary/aromatic N) is 2. The van der Waals surface area contributed by atoms with Crippen LogP contribution in [0, 0.1) is 5.41 Å². The third-order valence-corrected chi connectivity index (χ3v) is 4.43. The third kappa shape index (κ3) is 2.39. The maximum atomic E-state index is 11.9. The van der Waals surface area contributed by atoms with E-state index in [4.69, 9.17) is 11.6 Å². The molecule has 0 atom stereocenters. The van der Waals surface area contributed by atoms with E-state index in [9.17, 15) is 9.59 Å². The number of halogens is 1. The highest BCUT2D eigenvalue weighted by Gasteiger charge is 2.51. The molecule has 6 heteroatoms. The first-order chi connectivity index (χ1) is 9.01. The van der Waals surface area contributed by atoms with Crippen LogP contribution in [0.25, 0.3) is 0 Å². The number of carbonyl (C=O) groups excluding carboxylic acids is 2. The van der Waals surface area contributed by atoms with Crippen LogP contribution in [0.1, 0.15) is 19.8 Å². The molecular weight excluding hydrogens is 266 g/mol. The molecule has 0 aliphatic carbocycles. The minimum absolute atomic E-state index is 0.0278. The first kappa shape index (κ1) is 14.1.